The maximum atomic E-state index is 12.1. The van der Waals surface area contributed by atoms with Crippen LogP contribution in [-0.2, 0) is 4.79 Å². The second-order valence-corrected chi connectivity index (χ2v) is 6.73. The smallest absolute Gasteiger partial charge is 0.322 e. The number of aromatic nitrogens is 4. The lowest BCUT2D eigenvalue weighted by Crippen LogP contribution is -2.14. The largest absolute Gasteiger partial charge is 0.497 e. The summed E-state index contributed by atoms with van der Waals surface area (Å²) in [5.74, 6) is 1.10. The van der Waals surface area contributed by atoms with Gasteiger partial charge >= 0.3 is 6.01 Å². The van der Waals surface area contributed by atoms with Gasteiger partial charge in [-0.25, -0.2) is 0 Å². The molecule has 0 aliphatic carbocycles. The van der Waals surface area contributed by atoms with E-state index in [2.05, 4.69) is 20.6 Å². The first-order chi connectivity index (χ1) is 12.6. The SMILES string of the molecule is COc1ccc(SCC(=O)Nc2nnc(-c3ccnn3C(C)C)o2)cc1. The Labute approximate surface area is 154 Å². The summed E-state index contributed by atoms with van der Waals surface area (Å²) in [6.45, 7) is 4.01. The van der Waals surface area contributed by atoms with Crippen LogP contribution in [0.4, 0.5) is 6.01 Å². The van der Waals surface area contributed by atoms with Crippen LogP contribution in [0.15, 0.2) is 45.8 Å². The topological polar surface area (TPSA) is 95.1 Å². The van der Waals surface area contributed by atoms with E-state index in [-0.39, 0.29) is 23.7 Å². The number of benzene rings is 1. The van der Waals surface area contributed by atoms with Crippen molar-refractivity contribution in [2.75, 3.05) is 18.2 Å². The van der Waals surface area contributed by atoms with Crippen molar-refractivity contribution in [2.24, 2.45) is 0 Å². The van der Waals surface area contributed by atoms with Gasteiger partial charge < -0.3 is 9.15 Å². The molecule has 0 fully saturated rings. The van der Waals surface area contributed by atoms with E-state index in [1.807, 2.05) is 38.1 Å². The Balaban J connectivity index is 1.58. The first-order valence-corrected chi connectivity index (χ1v) is 8.99. The molecule has 2 heterocycles. The minimum atomic E-state index is -0.224. The molecule has 8 nitrogen and oxygen atoms in total. The molecule has 1 amide bonds. The predicted octanol–water partition coefficient (Wildman–Crippen LogP) is 3.25. The molecular formula is C17H19N5O3S. The van der Waals surface area contributed by atoms with E-state index in [1.54, 1.807) is 24.1 Å². The van der Waals surface area contributed by atoms with E-state index in [4.69, 9.17) is 9.15 Å². The van der Waals surface area contributed by atoms with E-state index >= 15 is 0 Å². The van der Waals surface area contributed by atoms with E-state index in [1.165, 1.54) is 11.8 Å². The Hall–Kier alpha value is -2.81. The minimum Gasteiger partial charge on any atom is -0.497 e. The van der Waals surface area contributed by atoms with Crippen LogP contribution in [0.1, 0.15) is 19.9 Å². The zero-order valence-corrected chi connectivity index (χ0v) is 15.5. The van der Waals surface area contributed by atoms with Gasteiger partial charge in [0, 0.05) is 17.1 Å². The molecule has 1 aromatic carbocycles. The molecule has 3 aromatic rings. The van der Waals surface area contributed by atoms with Crippen LogP contribution >= 0.6 is 11.8 Å². The van der Waals surface area contributed by atoms with Crippen LogP contribution in [0, 0.1) is 0 Å². The fourth-order valence-corrected chi connectivity index (χ4v) is 2.95. The minimum absolute atomic E-state index is 0.0665. The third-order valence-electron chi connectivity index (χ3n) is 3.48. The zero-order valence-electron chi connectivity index (χ0n) is 14.7. The molecule has 0 aliphatic rings. The molecule has 2 aromatic heterocycles. The quantitative estimate of drug-likeness (QED) is 0.635. The Bertz CT molecular complexity index is 873. The van der Waals surface area contributed by atoms with Gasteiger partial charge in [0.25, 0.3) is 5.89 Å². The Morgan fingerprint density at radius 3 is 2.73 bits per heavy atom. The third-order valence-corrected chi connectivity index (χ3v) is 4.49. The van der Waals surface area contributed by atoms with Crippen LogP contribution in [0.25, 0.3) is 11.6 Å². The van der Waals surface area contributed by atoms with Crippen molar-refractivity contribution in [3.05, 3.63) is 36.5 Å². The van der Waals surface area contributed by atoms with Crippen molar-refractivity contribution < 1.29 is 13.9 Å². The fourth-order valence-electron chi connectivity index (χ4n) is 2.25. The summed E-state index contributed by atoms with van der Waals surface area (Å²) in [7, 11) is 1.61. The number of amides is 1. The molecule has 0 aliphatic heterocycles. The molecule has 0 saturated carbocycles. The molecule has 0 spiro atoms. The van der Waals surface area contributed by atoms with Gasteiger partial charge in [-0.05, 0) is 44.2 Å². The van der Waals surface area contributed by atoms with Crippen LogP contribution in [0.5, 0.6) is 5.75 Å². The summed E-state index contributed by atoms with van der Waals surface area (Å²) in [6.07, 6.45) is 1.67. The molecule has 0 radical (unpaired) electrons. The molecule has 0 unspecified atom stereocenters. The van der Waals surface area contributed by atoms with Gasteiger partial charge in [-0.2, -0.15) is 5.10 Å². The summed E-state index contributed by atoms with van der Waals surface area (Å²) in [4.78, 5) is 13.0. The first kappa shape index (κ1) is 18.0. The number of methoxy groups -OCH3 is 1. The summed E-state index contributed by atoms with van der Waals surface area (Å²) in [6, 6.07) is 9.51. The normalized spacial score (nSPS) is 10.9. The molecule has 3 rings (SSSR count). The molecule has 0 saturated heterocycles. The maximum Gasteiger partial charge on any atom is 0.322 e. The highest BCUT2D eigenvalue weighted by atomic mass is 32.2. The second-order valence-electron chi connectivity index (χ2n) is 5.68. The van der Waals surface area contributed by atoms with E-state index < -0.39 is 0 Å². The number of rotatable bonds is 7. The number of carbonyl (C=O) groups excluding carboxylic acids is 1. The molecule has 0 atom stereocenters. The van der Waals surface area contributed by atoms with Crippen molar-refractivity contribution in [2.45, 2.75) is 24.8 Å². The fraction of sp³-hybridized carbons (Fsp3) is 0.294. The van der Waals surface area contributed by atoms with Crippen LogP contribution in [0.2, 0.25) is 0 Å². The van der Waals surface area contributed by atoms with Crippen molar-refractivity contribution in [3.63, 3.8) is 0 Å². The summed E-state index contributed by atoms with van der Waals surface area (Å²) < 4.78 is 12.4. The third kappa shape index (κ3) is 4.23. The zero-order chi connectivity index (χ0) is 18.5. The van der Waals surface area contributed by atoms with Crippen LogP contribution in [-0.4, -0.2) is 38.7 Å². The number of anilines is 1. The highest BCUT2D eigenvalue weighted by Crippen LogP contribution is 2.23. The van der Waals surface area contributed by atoms with Gasteiger partial charge in [0.15, 0.2) is 0 Å². The van der Waals surface area contributed by atoms with Gasteiger partial charge in [0.05, 0.1) is 12.9 Å². The molecular weight excluding hydrogens is 354 g/mol. The van der Waals surface area contributed by atoms with Crippen LogP contribution in [0.3, 0.4) is 0 Å². The van der Waals surface area contributed by atoms with Crippen molar-refractivity contribution in [1.29, 1.82) is 0 Å². The number of nitrogens with zero attached hydrogens (tertiary/aromatic N) is 4. The lowest BCUT2D eigenvalue weighted by molar-refractivity contribution is -0.113. The lowest BCUT2D eigenvalue weighted by Gasteiger charge is -2.07. The van der Waals surface area contributed by atoms with E-state index in [0.717, 1.165) is 10.6 Å². The highest BCUT2D eigenvalue weighted by molar-refractivity contribution is 8.00. The monoisotopic (exact) mass is 373 g/mol. The maximum absolute atomic E-state index is 12.1. The molecule has 26 heavy (non-hydrogen) atoms. The van der Waals surface area contributed by atoms with Crippen molar-refractivity contribution in [3.8, 4) is 17.3 Å². The number of carbonyl (C=O) groups is 1. The van der Waals surface area contributed by atoms with Gasteiger partial charge in [-0.15, -0.1) is 16.9 Å². The lowest BCUT2D eigenvalue weighted by atomic mass is 10.3. The highest BCUT2D eigenvalue weighted by Gasteiger charge is 2.16. The van der Waals surface area contributed by atoms with Gasteiger partial charge in [0.1, 0.15) is 11.4 Å². The molecule has 136 valence electrons. The summed E-state index contributed by atoms with van der Waals surface area (Å²) in [5, 5.41) is 14.7. The molecule has 9 heteroatoms. The standard InChI is InChI=1S/C17H19N5O3S/c1-11(2)22-14(8-9-18-22)16-20-21-17(25-16)19-15(23)10-26-13-6-4-12(24-3)5-7-13/h4-9,11H,10H2,1-3H3,(H,19,21,23). The average Bonchev–Trinajstić information content (AvgIpc) is 3.29. The van der Waals surface area contributed by atoms with Crippen LogP contribution < -0.4 is 10.1 Å². The van der Waals surface area contributed by atoms with Crippen molar-refractivity contribution in [1.82, 2.24) is 20.0 Å². The first-order valence-electron chi connectivity index (χ1n) is 8.01. The molecule has 0 bridgehead atoms. The van der Waals surface area contributed by atoms with E-state index in [0.29, 0.717) is 11.6 Å². The summed E-state index contributed by atoms with van der Waals surface area (Å²) in [5.41, 5.74) is 0.709. The number of thioether (sulfide) groups is 1. The average molecular weight is 373 g/mol. The predicted molar refractivity (Wildman–Crippen MR) is 98.3 cm³/mol. The number of hydrogen-bond donors (Lipinski definition) is 1. The van der Waals surface area contributed by atoms with E-state index in [9.17, 15) is 4.79 Å². The summed E-state index contributed by atoms with van der Waals surface area (Å²) >= 11 is 1.41. The van der Waals surface area contributed by atoms with Gasteiger partial charge in [-0.3, -0.25) is 14.8 Å². The number of hydrogen-bond acceptors (Lipinski definition) is 7. The number of ether oxygens (including phenoxy) is 1. The number of nitrogens with one attached hydrogen (secondary N) is 1. The van der Waals surface area contributed by atoms with Gasteiger partial charge in [-0.1, -0.05) is 5.10 Å². The molecule has 1 N–H and O–H groups in total. The van der Waals surface area contributed by atoms with Gasteiger partial charge in [0.2, 0.25) is 5.91 Å². The second kappa shape index (κ2) is 8.05. The Kier molecular flexibility index (Phi) is 5.57. The van der Waals surface area contributed by atoms with Crippen molar-refractivity contribution >= 4 is 23.7 Å². The Morgan fingerprint density at radius 1 is 1.27 bits per heavy atom. The Morgan fingerprint density at radius 2 is 2.04 bits per heavy atom.